The Bertz CT molecular complexity index is 2850. The molecule has 20 heteroatoms. The van der Waals surface area contributed by atoms with E-state index in [2.05, 4.69) is 10.6 Å². The number of sulfonamides is 2. The number of aliphatic hydroxyl groups is 2. The van der Waals surface area contributed by atoms with Crippen LogP contribution in [0.2, 0.25) is 0 Å². The van der Waals surface area contributed by atoms with Crippen molar-refractivity contribution in [2.45, 2.75) is 51.3 Å². The van der Waals surface area contributed by atoms with Crippen LogP contribution in [0.15, 0.2) is 94.4 Å². The molecule has 4 aromatic rings. The van der Waals surface area contributed by atoms with Crippen LogP contribution in [-0.4, -0.2) is 60.7 Å². The number of aryl methyl sites for hydroxylation is 2. The monoisotopic (exact) mass is 910 g/mol. The molecule has 4 aromatic carbocycles. The zero-order chi connectivity index (χ0) is 47.3. The predicted molar refractivity (Wildman–Crippen MR) is 244 cm³/mol. The molecule has 0 bridgehead atoms. The van der Waals surface area contributed by atoms with E-state index in [4.69, 9.17) is 22.3 Å². The first-order valence-electron chi connectivity index (χ1n) is 19.5. The second-order valence-electron chi connectivity index (χ2n) is 15.7. The number of anilines is 2. The molecule has 18 nitrogen and oxygen atoms in total. The minimum atomic E-state index is -4.14. The summed E-state index contributed by atoms with van der Waals surface area (Å²) < 4.78 is 53.8. The number of phenolic OH excluding ortho intramolecular Hbond substituents is 2. The van der Waals surface area contributed by atoms with Crippen molar-refractivity contribution in [2.24, 2.45) is 23.3 Å². The van der Waals surface area contributed by atoms with E-state index < -0.39 is 78.4 Å². The van der Waals surface area contributed by atoms with Gasteiger partial charge in [0.25, 0.3) is 20.0 Å². The lowest BCUT2D eigenvalue weighted by Crippen LogP contribution is -2.35. The largest absolute Gasteiger partial charge is 0.507 e. The maximum atomic E-state index is 14.0. The zero-order valence-electron chi connectivity index (χ0n) is 35.3. The highest BCUT2D eigenvalue weighted by Gasteiger charge is 2.38. The van der Waals surface area contributed by atoms with Crippen molar-refractivity contribution in [3.8, 4) is 22.6 Å². The second-order valence-corrected chi connectivity index (χ2v) is 19.0. The molecular weight excluding hydrogens is 865 g/mol. The number of aliphatic hydroxyl groups excluding tert-OH is 2. The molecule has 0 aliphatic heterocycles. The van der Waals surface area contributed by atoms with Crippen molar-refractivity contribution in [3.63, 3.8) is 0 Å². The van der Waals surface area contributed by atoms with Gasteiger partial charge in [-0.2, -0.15) is 0 Å². The number of Topliss-reactive ketones (excluding diaryl/α,β-unsaturated/α-hetero) is 2. The lowest BCUT2D eigenvalue weighted by molar-refractivity contribution is -0.113. The van der Waals surface area contributed by atoms with Crippen molar-refractivity contribution < 1.29 is 46.9 Å². The zero-order valence-corrected chi connectivity index (χ0v) is 36.9. The number of benzene rings is 4. The van der Waals surface area contributed by atoms with E-state index >= 15 is 0 Å². The van der Waals surface area contributed by atoms with Crippen molar-refractivity contribution in [1.82, 2.24) is 9.44 Å². The number of nitrogens with one attached hydrogen (secondary N) is 6. The average molecular weight is 911 g/mol. The van der Waals surface area contributed by atoms with Crippen molar-refractivity contribution >= 4 is 77.2 Å². The first kappa shape index (κ1) is 45.9. The molecule has 0 aromatic heterocycles. The number of rotatable bonds is 11. The summed E-state index contributed by atoms with van der Waals surface area (Å²) in [5.74, 6) is -6.03. The summed E-state index contributed by atoms with van der Waals surface area (Å²) in [4.78, 5) is 27.6. The summed E-state index contributed by atoms with van der Waals surface area (Å²) >= 11 is 0. The number of carbonyl (C=O) groups excluding carboxylic acids is 2. The first-order chi connectivity index (χ1) is 29.9. The Morgan fingerprint density at radius 3 is 1.17 bits per heavy atom. The van der Waals surface area contributed by atoms with Gasteiger partial charge in [-0.1, -0.05) is 39.8 Å². The molecule has 0 saturated heterocycles. The summed E-state index contributed by atoms with van der Waals surface area (Å²) in [6, 6.07) is 13.8. The van der Waals surface area contributed by atoms with E-state index in [1.165, 1.54) is 60.9 Å². The summed E-state index contributed by atoms with van der Waals surface area (Å²) in [5.41, 5.74) is 12.9. The van der Waals surface area contributed by atoms with E-state index in [9.17, 15) is 46.9 Å². The average Bonchev–Trinajstić information content (AvgIpc) is 3.19. The molecule has 0 unspecified atom stereocenters. The van der Waals surface area contributed by atoms with Gasteiger partial charge in [-0.05, 0) is 96.5 Å². The molecule has 0 saturated carbocycles. The third-order valence-electron chi connectivity index (χ3n) is 10.5. The molecule has 0 heterocycles. The third kappa shape index (κ3) is 8.34. The lowest BCUT2D eigenvalue weighted by atomic mass is 9.75. The summed E-state index contributed by atoms with van der Waals surface area (Å²) in [7, 11) is -8.27. The molecule has 334 valence electrons. The highest BCUT2D eigenvalue weighted by atomic mass is 32.2. The molecule has 2 aliphatic rings. The molecule has 0 amide bonds. The number of hydrogen-bond acceptors (Lipinski definition) is 14. The van der Waals surface area contributed by atoms with Crippen LogP contribution < -0.4 is 31.5 Å². The van der Waals surface area contributed by atoms with Gasteiger partial charge in [-0.3, -0.25) is 20.4 Å². The van der Waals surface area contributed by atoms with E-state index in [0.717, 1.165) is 0 Å². The van der Waals surface area contributed by atoms with E-state index in [0.29, 0.717) is 33.6 Å². The molecular formula is C44H46N8O10S2. The molecule has 2 aliphatic carbocycles. The Morgan fingerprint density at radius 2 is 0.891 bits per heavy atom. The fourth-order valence-electron chi connectivity index (χ4n) is 7.81. The summed E-state index contributed by atoms with van der Waals surface area (Å²) in [5, 5.41) is 67.8. The number of carbonyl (C=O) groups is 2. The van der Waals surface area contributed by atoms with Gasteiger partial charge in [0.15, 0.2) is 23.4 Å². The fraction of sp³-hybridized carbons (Fsp3) is 0.182. The van der Waals surface area contributed by atoms with Gasteiger partial charge in [0.05, 0.1) is 20.9 Å². The molecule has 0 fully saturated rings. The number of aromatic hydroxyl groups is 2. The quantitative estimate of drug-likeness (QED) is 0.0492. The maximum absolute atomic E-state index is 14.0. The Kier molecular flexibility index (Phi) is 12.2. The number of ketones is 2. The van der Waals surface area contributed by atoms with Crippen LogP contribution in [0.1, 0.15) is 61.1 Å². The Labute approximate surface area is 368 Å². The van der Waals surface area contributed by atoms with Crippen LogP contribution in [0, 0.1) is 36.5 Å². The van der Waals surface area contributed by atoms with Crippen molar-refractivity contribution in [2.75, 3.05) is 10.6 Å². The summed E-state index contributed by atoms with van der Waals surface area (Å²) in [6.07, 6.45) is 2.50. The van der Waals surface area contributed by atoms with Gasteiger partial charge >= 0.3 is 0 Å². The minimum Gasteiger partial charge on any atom is -0.507 e. The SMILES string of the molecule is Cc1cc2c(c(O)c1-c1c(C)cc3c(c1O)C(=CNc1ccc(S(=O)(=O)NC(=N)N)cc1)C(=O)C(O)=C3C(C)C)C(=CNc1ccc(S(=O)(=O)NC(=N)N)cc1)C(=O)C(O)=C2C(C)C. The summed E-state index contributed by atoms with van der Waals surface area (Å²) in [6.45, 7) is 10.4. The van der Waals surface area contributed by atoms with E-state index in [1.807, 2.05) is 9.44 Å². The predicted octanol–water partition coefficient (Wildman–Crippen LogP) is 5.65. The molecule has 6 rings (SSSR count). The standard InChI is InChI=1S/C44H46N8O10S2/c1-19(2)31-27-15-21(5)33(39(55)35(27)29(37(53)41(31)57)17-49-23-7-11-25(12-8-23)63(59,60)51-43(45)46)34-22(6)16-28-32(20(3)4)42(58)38(54)30(36(28)40(34)56)18-50-24-9-13-26(14-10-24)64(61,62)52-44(47)48/h7-20,49-50,55-58H,1-6H3,(H4,45,46,51)(H4,47,48,52). The highest BCUT2D eigenvalue weighted by molar-refractivity contribution is 7.90. The molecule has 0 spiro atoms. The lowest BCUT2D eigenvalue weighted by Gasteiger charge is -2.29. The van der Waals surface area contributed by atoms with Crippen molar-refractivity contribution in [1.29, 1.82) is 10.8 Å². The Morgan fingerprint density at radius 1 is 0.578 bits per heavy atom. The number of phenols is 2. The van der Waals surface area contributed by atoms with Crippen molar-refractivity contribution in [3.05, 3.63) is 118 Å². The van der Waals surface area contributed by atoms with Crippen LogP contribution in [0.5, 0.6) is 11.5 Å². The normalized spacial score (nSPS) is 15.4. The number of allylic oxidation sites excluding steroid dienone is 4. The number of guanidine groups is 2. The molecule has 0 radical (unpaired) electrons. The smallest absolute Gasteiger partial charge is 0.264 e. The molecule has 14 N–H and O–H groups in total. The van der Waals surface area contributed by atoms with Gasteiger partial charge < -0.3 is 42.5 Å². The second kappa shape index (κ2) is 16.9. The Hall–Kier alpha value is -7.58. The Balaban J connectivity index is 1.52. The molecule has 64 heavy (non-hydrogen) atoms. The van der Waals surface area contributed by atoms with Crippen LogP contribution in [0.25, 0.3) is 33.4 Å². The first-order valence-corrected chi connectivity index (χ1v) is 22.4. The van der Waals surface area contributed by atoms with Gasteiger partial charge in [0.2, 0.25) is 11.6 Å². The van der Waals surface area contributed by atoms with Gasteiger partial charge in [-0.15, -0.1) is 0 Å². The topological polar surface area (TPSA) is 331 Å². The third-order valence-corrected chi connectivity index (χ3v) is 13.3. The van der Waals surface area contributed by atoms with Crippen LogP contribution in [0.4, 0.5) is 11.4 Å². The maximum Gasteiger partial charge on any atom is 0.264 e. The van der Waals surface area contributed by atoms with Crippen LogP contribution in [-0.2, 0) is 29.6 Å². The van der Waals surface area contributed by atoms with E-state index in [-0.39, 0.29) is 54.3 Å². The van der Waals surface area contributed by atoms with E-state index in [1.54, 1.807) is 53.7 Å². The fourth-order valence-corrected chi connectivity index (χ4v) is 9.61. The van der Waals surface area contributed by atoms with Gasteiger partial charge in [0.1, 0.15) is 11.5 Å². The van der Waals surface area contributed by atoms with Gasteiger partial charge in [-0.25, -0.2) is 26.3 Å². The number of nitrogens with two attached hydrogens (primary N) is 2. The van der Waals surface area contributed by atoms with Crippen LogP contribution in [0.3, 0.4) is 0 Å². The van der Waals surface area contributed by atoms with Crippen LogP contribution >= 0.6 is 0 Å². The number of fused-ring (bicyclic) bond motifs is 2. The number of hydrogen-bond donors (Lipinski definition) is 12. The van der Waals surface area contributed by atoms with Gasteiger partial charge in [0, 0.05) is 57.2 Å². The highest BCUT2D eigenvalue weighted by Crippen LogP contribution is 2.53. The minimum absolute atomic E-state index is 0.0128. The molecule has 0 atom stereocenters.